The minimum Gasteiger partial charge on any atom is -0.325 e. The fourth-order valence-electron chi connectivity index (χ4n) is 4.14. The highest BCUT2D eigenvalue weighted by Gasteiger charge is 2.52. The van der Waals surface area contributed by atoms with Gasteiger partial charge in [0.15, 0.2) is 0 Å². The molecule has 9 nitrogen and oxygen atoms in total. The Morgan fingerprint density at radius 1 is 1.00 bits per heavy atom. The van der Waals surface area contributed by atoms with Crippen molar-refractivity contribution >= 4 is 33.6 Å². The lowest BCUT2D eigenvalue weighted by atomic mass is 9.85. The number of carbonyl (C=O) groups excluding carboxylic acids is 3. The molecule has 0 unspecified atom stereocenters. The van der Waals surface area contributed by atoms with Crippen LogP contribution in [0.15, 0.2) is 59.5 Å². The Morgan fingerprint density at radius 3 is 2.18 bits per heavy atom. The van der Waals surface area contributed by atoms with Gasteiger partial charge in [0, 0.05) is 18.8 Å². The lowest BCUT2D eigenvalue weighted by molar-refractivity contribution is -0.134. The van der Waals surface area contributed by atoms with Gasteiger partial charge in [0.2, 0.25) is 15.9 Å². The molecule has 1 atom stereocenters. The van der Waals surface area contributed by atoms with Crippen molar-refractivity contribution in [2.24, 2.45) is 0 Å². The van der Waals surface area contributed by atoms with E-state index in [2.05, 4.69) is 10.6 Å². The van der Waals surface area contributed by atoms with E-state index in [9.17, 15) is 22.8 Å². The maximum absolute atomic E-state index is 13.3. The molecule has 182 valence electrons. The molecule has 0 saturated carbocycles. The number of nitrogens with zero attached hydrogens (tertiary/aromatic N) is 2. The first-order valence-corrected chi connectivity index (χ1v) is 12.7. The smallest absolute Gasteiger partial charge is 0.325 e. The fourth-order valence-corrected chi connectivity index (χ4v) is 5.60. The number of carbonyl (C=O) groups is 3. The molecule has 1 saturated heterocycles. The molecule has 1 heterocycles. The Hall–Kier alpha value is -3.24. The summed E-state index contributed by atoms with van der Waals surface area (Å²) in [6.45, 7) is 5.69. The van der Waals surface area contributed by atoms with E-state index >= 15 is 0 Å². The molecular formula is C24H30N4O5S. The van der Waals surface area contributed by atoms with Gasteiger partial charge in [0.05, 0.1) is 4.90 Å². The number of rotatable bonds is 10. The quantitative estimate of drug-likeness (QED) is 0.501. The lowest BCUT2D eigenvalue weighted by Crippen LogP contribution is -2.44. The monoisotopic (exact) mass is 486 g/mol. The van der Waals surface area contributed by atoms with Gasteiger partial charge in [-0.25, -0.2) is 13.2 Å². The van der Waals surface area contributed by atoms with Crippen LogP contribution in [-0.2, 0) is 25.2 Å². The van der Waals surface area contributed by atoms with E-state index in [1.165, 1.54) is 28.6 Å². The van der Waals surface area contributed by atoms with Crippen molar-refractivity contribution in [2.75, 3.05) is 25.0 Å². The average Bonchev–Trinajstić information content (AvgIpc) is 3.06. The van der Waals surface area contributed by atoms with Gasteiger partial charge in [0.25, 0.3) is 5.91 Å². The van der Waals surface area contributed by atoms with E-state index in [0.717, 1.165) is 4.90 Å². The Bertz CT molecular complexity index is 1150. The Labute approximate surface area is 200 Å². The molecule has 0 bridgehead atoms. The third kappa shape index (κ3) is 4.83. The number of sulfonamides is 1. The van der Waals surface area contributed by atoms with Crippen molar-refractivity contribution < 1.29 is 22.8 Å². The normalized spacial score (nSPS) is 18.3. The van der Waals surface area contributed by atoms with E-state index < -0.39 is 40.0 Å². The van der Waals surface area contributed by atoms with Gasteiger partial charge in [-0.15, -0.1) is 0 Å². The van der Waals surface area contributed by atoms with Gasteiger partial charge in [-0.05, 0) is 36.2 Å². The zero-order valence-electron chi connectivity index (χ0n) is 19.6. The highest BCUT2D eigenvalue weighted by Crippen LogP contribution is 2.33. The van der Waals surface area contributed by atoms with Crippen LogP contribution in [0.5, 0.6) is 0 Å². The third-order valence-corrected chi connectivity index (χ3v) is 7.91. The summed E-state index contributed by atoms with van der Waals surface area (Å²) in [6.07, 6.45) is 1.06. The molecule has 4 amide bonds. The van der Waals surface area contributed by atoms with Crippen LogP contribution in [0.4, 0.5) is 10.5 Å². The number of imide groups is 1. The molecule has 2 aromatic carbocycles. The van der Waals surface area contributed by atoms with E-state index in [4.69, 9.17) is 0 Å². The van der Waals surface area contributed by atoms with Gasteiger partial charge >= 0.3 is 6.03 Å². The number of nitrogens with one attached hydrogen (secondary N) is 2. The van der Waals surface area contributed by atoms with Crippen LogP contribution < -0.4 is 10.6 Å². The molecular weight excluding hydrogens is 456 g/mol. The molecule has 1 fully saturated rings. The van der Waals surface area contributed by atoms with Crippen molar-refractivity contribution in [3.05, 3.63) is 60.2 Å². The summed E-state index contributed by atoms with van der Waals surface area (Å²) in [5.74, 6) is -1.04. The van der Waals surface area contributed by atoms with Crippen molar-refractivity contribution in [2.45, 2.75) is 44.0 Å². The SMILES string of the molecule is CCC[C@]1(c2ccccc2)NC(=O)N(CC(=O)Nc2ccc(S(=O)(=O)N(CC)CC)cc2)C1=O. The van der Waals surface area contributed by atoms with Crippen molar-refractivity contribution in [3.63, 3.8) is 0 Å². The van der Waals surface area contributed by atoms with Gasteiger partial charge < -0.3 is 10.6 Å². The number of benzene rings is 2. The standard InChI is InChI=1S/C24H30N4O5S/c1-4-16-24(18-10-8-7-9-11-18)22(30)28(23(31)26-24)17-21(29)25-19-12-14-20(15-13-19)34(32,33)27(5-2)6-3/h7-15H,4-6,16-17H2,1-3H3,(H,25,29)(H,26,31)/t24-/m1/s1. The summed E-state index contributed by atoms with van der Waals surface area (Å²) in [4.78, 5) is 39.6. The van der Waals surface area contributed by atoms with E-state index in [1.54, 1.807) is 38.1 Å². The molecule has 34 heavy (non-hydrogen) atoms. The number of hydrogen-bond acceptors (Lipinski definition) is 5. The van der Waals surface area contributed by atoms with Gasteiger partial charge in [0.1, 0.15) is 12.1 Å². The van der Waals surface area contributed by atoms with Crippen LogP contribution in [0, 0.1) is 0 Å². The maximum Gasteiger partial charge on any atom is 0.325 e. The fraction of sp³-hybridized carbons (Fsp3) is 0.375. The molecule has 1 aliphatic rings. The maximum atomic E-state index is 13.3. The van der Waals surface area contributed by atoms with Gasteiger partial charge in [-0.1, -0.05) is 57.5 Å². The minimum absolute atomic E-state index is 0.121. The molecule has 2 aromatic rings. The van der Waals surface area contributed by atoms with Crippen molar-refractivity contribution in [3.8, 4) is 0 Å². The second-order valence-corrected chi connectivity index (χ2v) is 9.94. The average molecular weight is 487 g/mol. The van der Waals surface area contributed by atoms with E-state index in [-0.39, 0.29) is 4.90 Å². The predicted octanol–water partition coefficient (Wildman–Crippen LogP) is 2.90. The number of urea groups is 1. The first-order valence-electron chi connectivity index (χ1n) is 11.3. The van der Waals surface area contributed by atoms with Crippen molar-refractivity contribution in [1.82, 2.24) is 14.5 Å². The molecule has 0 aliphatic carbocycles. The summed E-state index contributed by atoms with van der Waals surface area (Å²) in [6, 6.07) is 14.1. The van der Waals surface area contributed by atoms with Crippen molar-refractivity contribution in [1.29, 1.82) is 0 Å². The van der Waals surface area contributed by atoms with E-state index in [1.807, 2.05) is 13.0 Å². The molecule has 0 radical (unpaired) electrons. The summed E-state index contributed by atoms with van der Waals surface area (Å²) in [7, 11) is -3.61. The Morgan fingerprint density at radius 2 is 1.62 bits per heavy atom. The number of amides is 4. The first-order chi connectivity index (χ1) is 16.2. The topological polar surface area (TPSA) is 116 Å². The zero-order valence-corrected chi connectivity index (χ0v) is 20.4. The molecule has 1 aliphatic heterocycles. The zero-order chi connectivity index (χ0) is 24.9. The molecule has 0 spiro atoms. The second-order valence-electron chi connectivity index (χ2n) is 8.00. The van der Waals surface area contributed by atoms with Crippen LogP contribution in [-0.4, -0.2) is 55.1 Å². The minimum atomic E-state index is -3.61. The van der Waals surface area contributed by atoms with Crippen LogP contribution >= 0.6 is 0 Å². The van der Waals surface area contributed by atoms with E-state index in [0.29, 0.717) is 37.2 Å². The largest absolute Gasteiger partial charge is 0.325 e. The summed E-state index contributed by atoms with van der Waals surface area (Å²) < 4.78 is 26.6. The highest BCUT2D eigenvalue weighted by molar-refractivity contribution is 7.89. The molecule has 3 rings (SSSR count). The third-order valence-electron chi connectivity index (χ3n) is 5.85. The number of hydrogen-bond donors (Lipinski definition) is 2. The van der Waals surface area contributed by atoms with Gasteiger partial charge in [-0.2, -0.15) is 4.31 Å². The molecule has 2 N–H and O–H groups in total. The van der Waals surface area contributed by atoms with Crippen LogP contribution in [0.25, 0.3) is 0 Å². The summed E-state index contributed by atoms with van der Waals surface area (Å²) >= 11 is 0. The highest BCUT2D eigenvalue weighted by atomic mass is 32.2. The molecule has 10 heteroatoms. The first kappa shape index (κ1) is 25.4. The molecule has 0 aromatic heterocycles. The Kier molecular flexibility index (Phi) is 7.73. The Balaban J connectivity index is 1.73. The van der Waals surface area contributed by atoms with Crippen LogP contribution in [0.1, 0.15) is 39.2 Å². The predicted molar refractivity (Wildman–Crippen MR) is 128 cm³/mol. The lowest BCUT2D eigenvalue weighted by Gasteiger charge is -2.26. The number of anilines is 1. The van der Waals surface area contributed by atoms with Crippen LogP contribution in [0.3, 0.4) is 0 Å². The van der Waals surface area contributed by atoms with Crippen LogP contribution in [0.2, 0.25) is 0 Å². The van der Waals surface area contributed by atoms with Gasteiger partial charge in [-0.3, -0.25) is 14.5 Å². The second kappa shape index (κ2) is 10.4. The summed E-state index contributed by atoms with van der Waals surface area (Å²) in [5, 5.41) is 5.41. The summed E-state index contributed by atoms with van der Waals surface area (Å²) in [5.41, 5.74) is -0.171.